The number of rotatable bonds is 9. The summed E-state index contributed by atoms with van der Waals surface area (Å²) >= 11 is 0. The Morgan fingerprint density at radius 1 is 1.37 bits per heavy atom. The average molecular weight is 290 g/mol. The monoisotopic (exact) mass is 290 g/mol. The van der Waals surface area contributed by atoms with Gasteiger partial charge in [0.15, 0.2) is 0 Å². The predicted molar refractivity (Wildman–Crippen MR) is 72.3 cm³/mol. The van der Waals surface area contributed by atoms with Crippen LogP contribution in [0.15, 0.2) is 21.6 Å². The van der Waals surface area contributed by atoms with Crippen molar-refractivity contribution in [3.63, 3.8) is 0 Å². The van der Waals surface area contributed by atoms with E-state index < -0.39 is 10.0 Å². The number of nitrogens with one attached hydrogen (secondary N) is 2. The van der Waals surface area contributed by atoms with Gasteiger partial charge in [0.05, 0.1) is 13.2 Å². The van der Waals surface area contributed by atoms with Gasteiger partial charge in [-0.1, -0.05) is 13.8 Å². The van der Waals surface area contributed by atoms with Crippen molar-refractivity contribution < 1.29 is 17.6 Å². The SMILES string of the molecule is CNS(=O)(=O)c1ccc(CNCCOCC(C)C)o1. The first kappa shape index (κ1) is 16.2. The summed E-state index contributed by atoms with van der Waals surface area (Å²) in [4.78, 5) is 0. The van der Waals surface area contributed by atoms with Crippen LogP contribution in [0.5, 0.6) is 0 Å². The highest BCUT2D eigenvalue weighted by atomic mass is 32.2. The summed E-state index contributed by atoms with van der Waals surface area (Å²) in [7, 11) is -2.15. The molecule has 0 amide bonds. The molecule has 0 saturated carbocycles. The zero-order valence-corrected chi connectivity index (χ0v) is 12.4. The van der Waals surface area contributed by atoms with E-state index in [1.807, 2.05) is 0 Å². The third kappa shape index (κ3) is 5.73. The Morgan fingerprint density at radius 2 is 2.11 bits per heavy atom. The van der Waals surface area contributed by atoms with Crippen LogP contribution in [-0.2, 0) is 21.3 Å². The first-order valence-corrected chi connectivity index (χ1v) is 7.74. The molecule has 0 bridgehead atoms. The molecule has 0 atom stereocenters. The molecule has 0 radical (unpaired) electrons. The Morgan fingerprint density at radius 3 is 2.74 bits per heavy atom. The lowest BCUT2D eigenvalue weighted by Crippen LogP contribution is -2.20. The molecule has 0 aliphatic carbocycles. The van der Waals surface area contributed by atoms with Crippen LogP contribution in [0.1, 0.15) is 19.6 Å². The number of hydrogen-bond donors (Lipinski definition) is 2. The highest BCUT2D eigenvalue weighted by Crippen LogP contribution is 2.12. The van der Waals surface area contributed by atoms with Crippen molar-refractivity contribution in [2.45, 2.75) is 25.5 Å². The second-order valence-electron chi connectivity index (χ2n) is 4.57. The van der Waals surface area contributed by atoms with Crippen LogP contribution in [0, 0.1) is 5.92 Å². The maximum Gasteiger partial charge on any atom is 0.273 e. The number of ether oxygens (including phenoxy) is 1. The summed E-state index contributed by atoms with van der Waals surface area (Å²) in [6.07, 6.45) is 0. The molecule has 1 heterocycles. The Kier molecular flexibility index (Phi) is 6.50. The van der Waals surface area contributed by atoms with Crippen molar-refractivity contribution in [1.82, 2.24) is 10.0 Å². The molecular formula is C12H22N2O4S. The summed E-state index contributed by atoms with van der Waals surface area (Å²) in [5.41, 5.74) is 0. The van der Waals surface area contributed by atoms with E-state index in [0.29, 0.717) is 31.4 Å². The zero-order valence-electron chi connectivity index (χ0n) is 11.6. The van der Waals surface area contributed by atoms with Crippen LogP contribution in [0.3, 0.4) is 0 Å². The van der Waals surface area contributed by atoms with Crippen LogP contribution in [-0.4, -0.2) is 35.2 Å². The van der Waals surface area contributed by atoms with Crippen LogP contribution < -0.4 is 10.0 Å². The van der Waals surface area contributed by atoms with Crippen molar-refractivity contribution in [2.75, 3.05) is 26.8 Å². The number of sulfonamides is 1. The van der Waals surface area contributed by atoms with E-state index in [4.69, 9.17) is 9.15 Å². The van der Waals surface area contributed by atoms with Crippen molar-refractivity contribution in [1.29, 1.82) is 0 Å². The molecule has 0 saturated heterocycles. The third-order valence-electron chi connectivity index (χ3n) is 2.34. The maximum absolute atomic E-state index is 11.4. The van der Waals surface area contributed by atoms with E-state index in [1.54, 1.807) is 6.07 Å². The van der Waals surface area contributed by atoms with Crippen LogP contribution in [0.2, 0.25) is 0 Å². The lowest BCUT2D eigenvalue weighted by atomic mass is 10.2. The number of hydrogen-bond acceptors (Lipinski definition) is 5. The van der Waals surface area contributed by atoms with Crippen molar-refractivity contribution in [3.05, 3.63) is 17.9 Å². The van der Waals surface area contributed by atoms with Crippen molar-refractivity contribution in [2.24, 2.45) is 5.92 Å². The molecule has 1 aromatic rings. The van der Waals surface area contributed by atoms with E-state index in [-0.39, 0.29) is 5.09 Å². The van der Waals surface area contributed by atoms with E-state index in [2.05, 4.69) is 23.9 Å². The third-order valence-corrected chi connectivity index (χ3v) is 3.63. The van der Waals surface area contributed by atoms with Gasteiger partial charge in [-0.2, -0.15) is 0 Å². The van der Waals surface area contributed by atoms with E-state index in [1.165, 1.54) is 13.1 Å². The lowest BCUT2D eigenvalue weighted by molar-refractivity contribution is 0.111. The molecule has 0 aromatic carbocycles. The van der Waals surface area contributed by atoms with Gasteiger partial charge in [-0.15, -0.1) is 0 Å². The Hall–Kier alpha value is -0.890. The molecule has 1 rings (SSSR count). The normalized spacial score (nSPS) is 12.2. The van der Waals surface area contributed by atoms with Gasteiger partial charge in [-0.05, 0) is 25.1 Å². The molecule has 19 heavy (non-hydrogen) atoms. The topological polar surface area (TPSA) is 80.6 Å². The van der Waals surface area contributed by atoms with Gasteiger partial charge in [0, 0.05) is 13.2 Å². The molecule has 1 aromatic heterocycles. The zero-order chi connectivity index (χ0) is 14.3. The van der Waals surface area contributed by atoms with Gasteiger partial charge in [-0.3, -0.25) is 0 Å². The van der Waals surface area contributed by atoms with Gasteiger partial charge in [-0.25, -0.2) is 13.1 Å². The van der Waals surface area contributed by atoms with Crippen molar-refractivity contribution >= 4 is 10.0 Å². The highest BCUT2D eigenvalue weighted by Gasteiger charge is 2.15. The number of furan rings is 1. The van der Waals surface area contributed by atoms with E-state index in [9.17, 15) is 8.42 Å². The predicted octanol–water partition coefficient (Wildman–Crippen LogP) is 0.950. The molecule has 0 aliphatic rings. The van der Waals surface area contributed by atoms with Gasteiger partial charge in [0.2, 0.25) is 5.09 Å². The van der Waals surface area contributed by atoms with Crippen LogP contribution in [0.4, 0.5) is 0 Å². The first-order chi connectivity index (χ1) is 8.95. The molecule has 6 nitrogen and oxygen atoms in total. The molecule has 0 fully saturated rings. The van der Waals surface area contributed by atoms with E-state index in [0.717, 1.165) is 6.61 Å². The fourth-order valence-electron chi connectivity index (χ4n) is 1.37. The Bertz CT molecular complexity index is 468. The standard InChI is InChI=1S/C12H22N2O4S/c1-10(2)9-17-7-6-14-8-11-4-5-12(18-11)19(15,16)13-3/h4-5,10,13-14H,6-9H2,1-3H3. The summed E-state index contributed by atoms with van der Waals surface area (Å²) in [6.45, 7) is 6.74. The fraction of sp³-hybridized carbons (Fsp3) is 0.667. The van der Waals surface area contributed by atoms with Crippen LogP contribution in [0.25, 0.3) is 0 Å². The van der Waals surface area contributed by atoms with Gasteiger partial charge >= 0.3 is 0 Å². The summed E-state index contributed by atoms with van der Waals surface area (Å²) in [5, 5.41) is 3.06. The second-order valence-corrected chi connectivity index (χ2v) is 6.39. The molecule has 7 heteroatoms. The fourth-order valence-corrected chi connectivity index (χ4v) is 2.04. The molecule has 0 spiro atoms. The van der Waals surface area contributed by atoms with Gasteiger partial charge < -0.3 is 14.5 Å². The van der Waals surface area contributed by atoms with E-state index >= 15 is 0 Å². The average Bonchev–Trinajstić information content (AvgIpc) is 2.82. The van der Waals surface area contributed by atoms with Crippen molar-refractivity contribution in [3.8, 4) is 0 Å². The summed E-state index contributed by atoms with van der Waals surface area (Å²) < 4.78 is 35.7. The summed E-state index contributed by atoms with van der Waals surface area (Å²) in [5.74, 6) is 1.11. The highest BCUT2D eigenvalue weighted by molar-refractivity contribution is 7.89. The minimum absolute atomic E-state index is 0.0668. The van der Waals surface area contributed by atoms with Crippen LogP contribution >= 0.6 is 0 Å². The van der Waals surface area contributed by atoms with Gasteiger partial charge in [0.25, 0.3) is 10.0 Å². The smallest absolute Gasteiger partial charge is 0.273 e. The maximum atomic E-state index is 11.4. The Balaban J connectivity index is 2.28. The molecule has 0 aliphatic heterocycles. The second kappa shape index (κ2) is 7.64. The largest absolute Gasteiger partial charge is 0.447 e. The minimum Gasteiger partial charge on any atom is -0.447 e. The molecular weight excluding hydrogens is 268 g/mol. The van der Waals surface area contributed by atoms with Gasteiger partial charge in [0.1, 0.15) is 5.76 Å². The molecule has 110 valence electrons. The quantitative estimate of drug-likeness (QED) is 0.662. The lowest BCUT2D eigenvalue weighted by Gasteiger charge is -2.07. The minimum atomic E-state index is -3.50. The first-order valence-electron chi connectivity index (χ1n) is 6.26. The summed E-state index contributed by atoms with van der Waals surface area (Å²) in [6, 6.07) is 3.09. The molecule has 2 N–H and O–H groups in total. The molecule has 0 unspecified atom stereocenters. The Labute approximate surface area is 114 Å².